The first kappa shape index (κ1) is 20.2. The zero-order chi connectivity index (χ0) is 17.5. The van der Waals surface area contributed by atoms with Gasteiger partial charge in [-0.15, -0.1) is 0 Å². The van der Waals surface area contributed by atoms with E-state index in [1.165, 1.54) is 5.56 Å². The summed E-state index contributed by atoms with van der Waals surface area (Å²) < 4.78 is 6.59. The van der Waals surface area contributed by atoms with Gasteiger partial charge in [-0.2, -0.15) is 0 Å². The maximum Gasteiger partial charge on any atom is 0.200 e. The third-order valence-electron chi connectivity index (χ3n) is 5.09. The molecule has 1 unspecified atom stereocenters. The van der Waals surface area contributed by atoms with E-state index in [-0.39, 0.29) is 0 Å². The van der Waals surface area contributed by atoms with Crippen LogP contribution in [0.2, 0.25) is 16.6 Å². The minimum absolute atomic E-state index is 0.471. The molecule has 0 heterocycles. The number of rotatable bonds is 9. The fourth-order valence-electron chi connectivity index (χ4n) is 3.97. The highest BCUT2D eigenvalue weighted by molar-refractivity contribution is 6.77. The number of benzene rings is 1. The van der Waals surface area contributed by atoms with Crippen molar-refractivity contribution >= 4 is 8.32 Å². The van der Waals surface area contributed by atoms with Crippen LogP contribution >= 0.6 is 0 Å². The minimum Gasteiger partial charge on any atom is -0.416 e. The number of hydrogen-bond acceptors (Lipinski definition) is 1. The van der Waals surface area contributed by atoms with E-state index in [0.717, 1.165) is 13.0 Å². The fourth-order valence-corrected chi connectivity index (χ4v) is 9.44. The Balaban J connectivity index is 2.56. The van der Waals surface area contributed by atoms with Crippen LogP contribution in [0.3, 0.4) is 0 Å². The lowest BCUT2D eigenvalue weighted by atomic mass is 10.0. The van der Waals surface area contributed by atoms with Crippen molar-refractivity contribution in [2.75, 3.05) is 6.61 Å². The van der Waals surface area contributed by atoms with Gasteiger partial charge in [-0.3, -0.25) is 0 Å². The standard InChI is InChI=1S/C21H36OSi/c1-17(2)23(18(3)4,19(5)6)22-16-12-11-13-20(7)21-14-9-8-10-15-21/h8-11,13-15,17-20H,12,16H2,1-7H3/b13-11+. The van der Waals surface area contributed by atoms with Gasteiger partial charge in [0.25, 0.3) is 0 Å². The summed E-state index contributed by atoms with van der Waals surface area (Å²) in [5.41, 5.74) is 3.36. The van der Waals surface area contributed by atoms with Crippen LogP contribution in [0.15, 0.2) is 42.5 Å². The van der Waals surface area contributed by atoms with Crippen LogP contribution in [0.4, 0.5) is 0 Å². The summed E-state index contributed by atoms with van der Waals surface area (Å²) in [6, 6.07) is 10.7. The highest BCUT2D eigenvalue weighted by Crippen LogP contribution is 2.42. The second-order valence-electron chi connectivity index (χ2n) is 7.58. The van der Waals surface area contributed by atoms with Crippen molar-refractivity contribution in [2.45, 2.75) is 77.4 Å². The highest BCUT2D eigenvalue weighted by Gasteiger charge is 2.44. The van der Waals surface area contributed by atoms with E-state index in [0.29, 0.717) is 22.5 Å². The first-order valence-electron chi connectivity index (χ1n) is 9.17. The first-order chi connectivity index (χ1) is 10.8. The molecule has 1 nitrogen and oxygen atoms in total. The van der Waals surface area contributed by atoms with E-state index in [9.17, 15) is 0 Å². The second-order valence-corrected chi connectivity index (χ2v) is 13.0. The molecule has 0 aromatic heterocycles. The van der Waals surface area contributed by atoms with Gasteiger partial charge in [0.1, 0.15) is 0 Å². The van der Waals surface area contributed by atoms with E-state index in [1.54, 1.807) is 0 Å². The largest absolute Gasteiger partial charge is 0.416 e. The molecule has 0 radical (unpaired) electrons. The summed E-state index contributed by atoms with van der Waals surface area (Å²) in [7, 11) is -1.70. The smallest absolute Gasteiger partial charge is 0.200 e. The van der Waals surface area contributed by atoms with Gasteiger partial charge in [0, 0.05) is 6.61 Å². The molecule has 130 valence electrons. The van der Waals surface area contributed by atoms with Gasteiger partial charge in [0.15, 0.2) is 8.32 Å². The predicted octanol–water partition coefficient (Wildman–Crippen LogP) is 6.93. The molecule has 0 saturated carbocycles. The molecule has 0 fully saturated rings. The molecule has 1 atom stereocenters. The topological polar surface area (TPSA) is 9.23 Å². The lowest BCUT2D eigenvalue weighted by Crippen LogP contribution is -2.47. The van der Waals surface area contributed by atoms with E-state index in [1.807, 2.05) is 0 Å². The Hall–Kier alpha value is -0.863. The zero-order valence-corrected chi connectivity index (χ0v) is 17.2. The van der Waals surface area contributed by atoms with Crippen LogP contribution in [0.5, 0.6) is 0 Å². The predicted molar refractivity (Wildman–Crippen MR) is 106 cm³/mol. The fraction of sp³-hybridized carbons (Fsp3) is 0.619. The zero-order valence-electron chi connectivity index (χ0n) is 16.2. The minimum atomic E-state index is -1.70. The van der Waals surface area contributed by atoms with Crippen molar-refractivity contribution in [3.8, 4) is 0 Å². The van der Waals surface area contributed by atoms with Gasteiger partial charge in [-0.05, 0) is 34.5 Å². The van der Waals surface area contributed by atoms with Crippen LogP contribution in [-0.4, -0.2) is 14.9 Å². The molecule has 0 N–H and O–H groups in total. The molecule has 0 amide bonds. The summed E-state index contributed by atoms with van der Waals surface area (Å²) in [5, 5.41) is 0. The van der Waals surface area contributed by atoms with Crippen molar-refractivity contribution in [3.63, 3.8) is 0 Å². The Morgan fingerprint density at radius 3 is 1.87 bits per heavy atom. The van der Waals surface area contributed by atoms with E-state index < -0.39 is 8.32 Å². The van der Waals surface area contributed by atoms with Crippen LogP contribution in [-0.2, 0) is 4.43 Å². The molecule has 2 heteroatoms. The Morgan fingerprint density at radius 1 is 0.870 bits per heavy atom. The molecule has 0 aliphatic carbocycles. The van der Waals surface area contributed by atoms with Crippen LogP contribution in [0.1, 0.15) is 66.4 Å². The molecule has 0 saturated heterocycles. The normalized spacial score (nSPS) is 14.3. The molecular weight excluding hydrogens is 296 g/mol. The molecule has 0 bridgehead atoms. The van der Waals surface area contributed by atoms with Gasteiger partial charge < -0.3 is 4.43 Å². The van der Waals surface area contributed by atoms with Gasteiger partial charge in [0.05, 0.1) is 0 Å². The summed E-state index contributed by atoms with van der Waals surface area (Å²) in [6.45, 7) is 17.2. The molecule has 1 rings (SSSR count). The van der Waals surface area contributed by atoms with Crippen LogP contribution < -0.4 is 0 Å². The number of hydrogen-bond donors (Lipinski definition) is 0. The molecule has 0 aliphatic rings. The van der Waals surface area contributed by atoms with Crippen molar-refractivity contribution in [1.82, 2.24) is 0 Å². The van der Waals surface area contributed by atoms with Crippen molar-refractivity contribution in [2.24, 2.45) is 0 Å². The third kappa shape index (κ3) is 5.32. The highest BCUT2D eigenvalue weighted by atomic mass is 28.4. The van der Waals surface area contributed by atoms with Gasteiger partial charge in [-0.1, -0.05) is 91.0 Å². The third-order valence-corrected chi connectivity index (χ3v) is 11.2. The molecule has 0 spiro atoms. The Bertz CT molecular complexity index is 440. The first-order valence-corrected chi connectivity index (χ1v) is 11.3. The van der Waals surface area contributed by atoms with Crippen molar-refractivity contribution < 1.29 is 4.43 Å². The van der Waals surface area contributed by atoms with Gasteiger partial charge in [-0.25, -0.2) is 0 Å². The Labute approximate surface area is 145 Å². The van der Waals surface area contributed by atoms with Crippen LogP contribution in [0, 0.1) is 0 Å². The Kier molecular flexibility index (Phi) is 8.28. The summed E-state index contributed by atoms with van der Waals surface area (Å²) in [6.07, 6.45) is 5.61. The summed E-state index contributed by atoms with van der Waals surface area (Å²) in [4.78, 5) is 0. The lowest BCUT2D eigenvalue weighted by molar-refractivity contribution is 0.283. The lowest BCUT2D eigenvalue weighted by Gasteiger charge is -2.42. The average Bonchev–Trinajstić information content (AvgIpc) is 2.50. The second kappa shape index (κ2) is 9.44. The molecule has 23 heavy (non-hydrogen) atoms. The summed E-state index contributed by atoms with van der Waals surface area (Å²) in [5.74, 6) is 0.471. The van der Waals surface area contributed by atoms with E-state index in [4.69, 9.17) is 4.43 Å². The number of allylic oxidation sites excluding steroid dienone is 1. The van der Waals surface area contributed by atoms with E-state index >= 15 is 0 Å². The van der Waals surface area contributed by atoms with Gasteiger partial charge >= 0.3 is 0 Å². The molecule has 0 aliphatic heterocycles. The molecule has 1 aromatic rings. The van der Waals surface area contributed by atoms with Crippen molar-refractivity contribution in [1.29, 1.82) is 0 Å². The summed E-state index contributed by atoms with van der Waals surface area (Å²) >= 11 is 0. The maximum atomic E-state index is 6.59. The quantitative estimate of drug-likeness (QED) is 0.271. The van der Waals surface area contributed by atoms with Gasteiger partial charge in [0.2, 0.25) is 0 Å². The molecule has 1 aromatic carbocycles. The van der Waals surface area contributed by atoms with Crippen LogP contribution in [0.25, 0.3) is 0 Å². The monoisotopic (exact) mass is 332 g/mol. The van der Waals surface area contributed by atoms with Crippen molar-refractivity contribution in [3.05, 3.63) is 48.0 Å². The molecular formula is C21H36OSi. The maximum absolute atomic E-state index is 6.59. The Morgan fingerprint density at radius 2 is 1.39 bits per heavy atom. The average molecular weight is 333 g/mol. The SMILES string of the molecule is CC(/C=C/CCO[Si](C(C)C)(C(C)C)C(C)C)c1ccccc1. The van der Waals surface area contributed by atoms with E-state index in [2.05, 4.69) is 91.0 Å².